The number of carbonyl (C=O) groups is 2. The maximum Gasteiger partial charge on any atom is 0.350 e. The topological polar surface area (TPSA) is 68.3 Å². The molecule has 1 N–H and O–H groups in total. The van der Waals surface area contributed by atoms with E-state index in [1.54, 1.807) is 17.5 Å². The number of benzene rings is 2. The minimum absolute atomic E-state index is 0.302. The van der Waals surface area contributed by atoms with Gasteiger partial charge in [0, 0.05) is 10.9 Å². The Morgan fingerprint density at radius 1 is 1.07 bits per heavy atom. The van der Waals surface area contributed by atoms with E-state index in [1.165, 1.54) is 24.0 Å². The molecule has 0 atom stereocenters. The second-order valence-corrected chi connectivity index (χ2v) is 7.65. The Labute approximate surface area is 178 Å². The van der Waals surface area contributed by atoms with Crippen LogP contribution in [0.25, 0.3) is 22.2 Å². The van der Waals surface area contributed by atoms with Gasteiger partial charge in [-0.05, 0) is 35.6 Å². The number of anilines is 1. The van der Waals surface area contributed by atoms with Crippen LogP contribution in [0.3, 0.4) is 0 Å². The standard InChI is InChI=1S/C24H20N2O3S/c1-3-15-8-10-16(11-9-15)21-14-18(17-6-4-5-7-19(17)25-21)23(27)26-20-12-13-30-22(20)24(28)29-2/h4-14H,3H2,1-2H3,(H,26,27). The molecule has 0 spiro atoms. The van der Waals surface area contributed by atoms with Crippen molar-refractivity contribution in [3.8, 4) is 11.3 Å². The van der Waals surface area contributed by atoms with E-state index in [0.717, 1.165) is 28.6 Å². The number of methoxy groups -OCH3 is 1. The Bertz CT molecular complexity index is 1230. The van der Waals surface area contributed by atoms with Crippen molar-refractivity contribution in [1.29, 1.82) is 0 Å². The first-order chi connectivity index (χ1) is 14.6. The zero-order chi connectivity index (χ0) is 21.1. The van der Waals surface area contributed by atoms with Crippen LogP contribution in [0.15, 0.2) is 66.0 Å². The number of aromatic nitrogens is 1. The number of amides is 1. The molecule has 0 fully saturated rings. The highest BCUT2D eigenvalue weighted by Crippen LogP contribution is 2.28. The van der Waals surface area contributed by atoms with E-state index < -0.39 is 5.97 Å². The van der Waals surface area contributed by atoms with Crippen molar-refractivity contribution in [2.24, 2.45) is 0 Å². The lowest BCUT2D eigenvalue weighted by molar-refractivity contribution is 0.0607. The lowest BCUT2D eigenvalue weighted by atomic mass is 10.0. The lowest BCUT2D eigenvalue weighted by Crippen LogP contribution is -2.15. The second-order valence-electron chi connectivity index (χ2n) is 6.73. The van der Waals surface area contributed by atoms with Gasteiger partial charge in [-0.15, -0.1) is 11.3 Å². The molecule has 2 aromatic carbocycles. The summed E-state index contributed by atoms with van der Waals surface area (Å²) in [5.74, 6) is -0.778. The first kappa shape index (κ1) is 19.8. The van der Waals surface area contributed by atoms with Crippen molar-refractivity contribution in [3.63, 3.8) is 0 Å². The normalized spacial score (nSPS) is 10.7. The molecule has 0 radical (unpaired) electrons. The number of rotatable bonds is 5. The third-order valence-electron chi connectivity index (χ3n) is 4.90. The minimum atomic E-state index is -0.475. The molecular formula is C24H20N2O3S. The molecule has 150 valence electrons. The number of para-hydroxylation sites is 1. The van der Waals surface area contributed by atoms with Gasteiger partial charge in [-0.3, -0.25) is 4.79 Å². The third-order valence-corrected chi connectivity index (χ3v) is 5.80. The van der Waals surface area contributed by atoms with Gasteiger partial charge in [-0.25, -0.2) is 9.78 Å². The number of carbonyl (C=O) groups excluding carboxylic acids is 2. The second kappa shape index (κ2) is 8.47. The maximum absolute atomic E-state index is 13.2. The fourth-order valence-corrected chi connectivity index (χ4v) is 4.04. The summed E-state index contributed by atoms with van der Waals surface area (Å²) in [5, 5.41) is 5.35. The largest absolute Gasteiger partial charge is 0.465 e. The molecule has 0 saturated heterocycles. The quantitative estimate of drug-likeness (QED) is 0.432. The molecule has 30 heavy (non-hydrogen) atoms. The van der Waals surface area contributed by atoms with E-state index in [9.17, 15) is 9.59 Å². The fraction of sp³-hybridized carbons (Fsp3) is 0.125. The zero-order valence-corrected chi connectivity index (χ0v) is 17.5. The monoisotopic (exact) mass is 416 g/mol. The maximum atomic E-state index is 13.2. The van der Waals surface area contributed by atoms with Crippen LogP contribution in [0.2, 0.25) is 0 Å². The van der Waals surface area contributed by atoms with Crippen LogP contribution in [-0.4, -0.2) is 24.0 Å². The highest BCUT2D eigenvalue weighted by Gasteiger charge is 2.19. The number of nitrogens with zero attached hydrogens (tertiary/aromatic N) is 1. The van der Waals surface area contributed by atoms with Gasteiger partial charge in [0.1, 0.15) is 4.88 Å². The molecule has 2 aromatic heterocycles. The number of hydrogen-bond donors (Lipinski definition) is 1. The van der Waals surface area contributed by atoms with E-state index in [0.29, 0.717) is 16.1 Å². The predicted molar refractivity (Wildman–Crippen MR) is 120 cm³/mol. The van der Waals surface area contributed by atoms with Crippen LogP contribution < -0.4 is 5.32 Å². The van der Waals surface area contributed by atoms with Crippen molar-refractivity contribution in [3.05, 3.63) is 82.0 Å². The molecule has 1 amide bonds. The molecule has 0 unspecified atom stereocenters. The van der Waals surface area contributed by atoms with Crippen LogP contribution >= 0.6 is 11.3 Å². The smallest absolute Gasteiger partial charge is 0.350 e. The van der Waals surface area contributed by atoms with Gasteiger partial charge in [-0.2, -0.15) is 0 Å². The van der Waals surface area contributed by atoms with Gasteiger partial charge in [0.05, 0.1) is 29.6 Å². The van der Waals surface area contributed by atoms with Gasteiger partial charge in [-0.1, -0.05) is 49.4 Å². The SMILES string of the molecule is CCc1ccc(-c2cc(C(=O)Nc3ccsc3C(=O)OC)c3ccccc3n2)cc1. The third kappa shape index (κ3) is 3.82. The molecule has 5 nitrogen and oxygen atoms in total. The number of fused-ring (bicyclic) bond motifs is 1. The summed E-state index contributed by atoms with van der Waals surface area (Å²) < 4.78 is 4.80. The molecule has 0 aliphatic heterocycles. The Hall–Kier alpha value is -3.51. The lowest BCUT2D eigenvalue weighted by Gasteiger charge is -2.11. The molecule has 6 heteroatoms. The van der Waals surface area contributed by atoms with Gasteiger partial charge < -0.3 is 10.1 Å². The van der Waals surface area contributed by atoms with E-state index in [-0.39, 0.29) is 5.91 Å². The van der Waals surface area contributed by atoms with E-state index in [1.807, 2.05) is 36.4 Å². The number of esters is 1. The highest BCUT2D eigenvalue weighted by atomic mass is 32.1. The summed E-state index contributed by atoms with van der Waals surface area (Å²) in [4.78, 5) is 30.2. The average Bonchev–Trinajstić information content (AvgIpc) is 3.25. The summed E-state index contributed by atoms with van der Waals surface area (Å²) in [6.07, 6.45) is 0.961. The summed E-state index contributed by atoms with van der Waals surface area (Å²) >= 11 is 1.22. The minimum Gasteiger partial charge on any atom is -0.465 e. The zero-order valence-electron chi connectivity index (χ0n) is 16.6. The first-order valence-corrected chi connectivity index (χ1v) is 10.4. The molecule has 0 saturated carbocycles. The van der Waals surface area contributed by atoms with Crippen molar-refractivity contribution < 1.29 is 14.3 Å². The molecule has 4 aromatic rings. The number of aryl methyl sites for hydroxylation is 1. The van der Waals surface area contributed by atoms with Crippen molar-refractivity contribution in [1.82, 2.24) is 4.98 Å². The van der Waals surface area contributed by atoms with E-state index in [4.69, 9.17) is 9.72 Å². The van der Waals surface area contributed by atoms with E-state index in [2.05, 4.69) is 24.4 Å². The molecule has 0 bridgehead atoms. The molecule has 0 aliphatic rings. The fourth-order valence-electron chi connectivity index (χ4n) is 3.27. The van der Waals surface area contributed by atoms with Crippen molar-refractivity contribution >= 4 is 39.8 Å². The molecule has 0 aliphatic carbocycles. The van der Waals surface area contributed by atoms with Gasteiger partial charge in [0.2, 0.25) is 0 Å². The predicted octanol–water partition coefficient (Wildman–Crippen LogP) is 5.56. The average molecular weight is 417 g/mol. The molecular weight excluding hydrogens is 396 g/mol. The summed E-state index contributed by atoms with van der Waals surface area (Å²) in [5.41, 5.74) is 4.57. The van der Waals surface area contributed by atoms with Crippen molar-refractivity contribution in [2.75, 3.05) is 12.4 Å². The Kier molecular flexibility index (Phi) is 5.59. The summed E-state index contributed by atoms with van der Waals surface area (Å²) in [7, 11) is 1.32. The van der Waals surface area contributed by atoms with Crippen LogP contribution in [-0.2, 0) is 11.2 Å². The summed E-state index contributed by atoms with van der Waals surface area (Å²) in [6, 6.07) is 19.2. The summed E-state index contributed by atoms with van der Waals surface area (Å²) in [6.45, 7) is 2.11. The van der Waals surface area contributed by atoms with Crippen LogP contribution in [0, 0.1) is 0 Å². The number of ether oxygens (including phenoxy) is 1. The Morgan fingerprint density at radius 2 is 1.83 bits per heavy atom. The number of hydrogen-bond acceptors (Lipinski definition) is 5. The van der Waals surface area contributed by atoms with Gasteiger partial charge in [0.25, 0.3) is 5.91 Å². The number of thiophene rings is 1. The first-order valence-electron chi connectivity index (χ1n) is 9.57. The van der Waals surface area contributed by atoms with Gasteiger partial charge in [0.15, 0.2) is 0 Å². The number of nitrogens with one attached hydrogen (secondary N) is 1. The van der Waals surface area contributed by atoms with E-state index >= 15 is 0 Å². The highest BCUT2D eigenvalue weighted by molar-refractivity contribution is 7.12. The van der Waals surface area contributed by atoms with Crippen LogP contribution in [0.1, 0.15) is 32.5 Å². The van der Waals surface area contributed by atoms with Crippen LogP contribution in [0.5, 0.6) is 0 Å². The van der Waals surface area contributed by atoms with Gasteiger partial charge >= 0.3 is 5.97 Å². The number of pyridine rings is 1. The Balaban J connectivity index is 1.76. The van der Waals surface area contributed by atoms with Crippen molar-refractivity contribution in [2.45, 2.75) is 13.3 Å². The van der Waals surface area contributed by atoms with Crippen LogP contribution in [0.4, 0.5) is 5.69 Å². The molecule has 4 rings (SSSR count). The molecule has 2 heterocycles. The Morgan fingerprint density at radius 3 is 2.57 bits per heavy atom.